The molecule has 3 amide bonds. The number of carbonyl (C=O) groups is 3. The molecule has 12 heteroatoms. The number of hydrazone groups is 1. The number of amides is 3. The van der Waals surface area contributed by atoms with Crippen molar-refractivity contribution < 1.29 is 23.2 Å². The van der Waals surface area contributed by atoms with Gasteiger partial charge in [0.1, 0.15) is 18.2 Å². The first kappa shape index (κ1) is 28.2. The summed E-state index contributed by atoms with van der Waals surface area (Å²) in [6, 6.07) is 16.4. The number of rotatable bonds is 5. The number of nitrogens with zero attached hydrogens (tertiary/aromatic N) is 6. The molecule has 3 aromatic carbocycles. The molecule has 222 valence electrons. The summed E-state index contributed by atoms with van der Waals surface area (Å²) in [6.45, 7) is -0.339. The Morgan fingerprint density at radius 3 is 2.41 bits per heavy atom. The van der Waals surface area contributed by atoms with Crippen molar-refractivity contribution in [3.63, 3.8) is 0 Å². The fourth-order valence-electron chi connectivity index (χ4n) is 6.40. The zero-order chi connectivity index (χ0) is 30.5. The van der Waals surface area contributed by atoms with Crippen LogP contribution in [0.1, 0.15) is 36.4 Å². The Kier molecular flexibility index (Phi) is 7.16. The molecule has 3 aliphatic heterocycles. The van der Waals surface area contributed by atoms with E-state index in [1.54, 1.807) is 48.5 Å². The van der Waals surface area contributed by atoms with E-state index in [0.29, 0.717) is 10.2 Å². The van der Waals surface area contributed by atoms with Crippen molar-refractivity contribution in [2.75, 3.05) is 11.4 Å². The van der Waals surface area contributed by atoms with Gasteiger partial charge in [-0.2, -0.15) is 10.2 Å². The van der Waals surface area contributed by atoms with E-state index in [0.717, 1.165) is 46.6 Å². The first-order valence-corrected chi connectivity index (χ1v) is 15.0. The highest BCUT2D eigenvalue weighted by molar-refractivity contribution is 9.10. The zero-order valence-corrected chi connectivity index (χ0v) is 24.8. The van der Waals surface area contributed by atoms with Crippen molar-refractivity contribution >= 4 is 51.1 Å². The van der Waals surface area contributed by atoms with Crippen molar-refractivity contribution in [1.29, 1.82) is 0 Å². The summed E-state index contributed by atoms with van der Waals surface area (Å²) in [5.74, 6) is -2.35. The lowest BCUT2D eigenvalue weighted by Gasteiger charge is -2.30. The largest absolute Gasteiger partial charge is 0.271 e. The molecule has 1 aliphatic carbocycles. The van der Waals surface area contributed by atoms with Gasteiger partial charge < -0.3 is 0 Å². The molecule has 44 heavy (non-hydrogen) atoms. The molecule has 4 aliphatic rings. The fourth-order valence-corrected chi connectivity index (χ4v) is 6.78. The second-order valence-corrected chi connectivity index (χ2v) is 12.0. The van der Waals surface area contributed by atoms with E-state index in [2.05, 4.69) is 26.3 Å². The van der Waals surface area contributed by atoms with Gasteiger partial charge in [0.2, 0.25) is 0 Å². The Hall–Kier alpha value is -4.58. The first-order valence-electron chi connectivity index (χ1n) is 14.2. The number of carbonyl (C=O) groups excluding carboxylic acids is 3. The smallest absolute Gasteiger partial charge is 0.264 e. The van der Waals surface area contributed by atoms with Crippen LogP contribution in [0.4, 0.5) is 14.5 Å². The first-order chi connectivity index (χ1) is 21.3. The Labute approximate surface area is 259 Å². The SMILES string of the molecule is O=C1[C@@H]2N=NN(CC(=O)N3N=C4/C(=C\c5ccc(F)cc5)CCC[C@@H]4[C@@H]3c3ccc(F)cc3)[C@H]2C(=O)N1c1cccc(Br)c1. The minimum Gasteiger partial charge on any atom is -0.271 e. The van der Waals surface area contributed by atoms with Crippen LogP contribution in [0.15, 0.2) is 98.3 Å². The molecule has 3 heterocycles. The van der Waals surface area contributed by atoms with Gasteiger partial charge in [0.05, 0.1) is 17.4 Å². The van der Waals surface area contributed by atoms with Gasteiger partial charge in [-0.15, -0.1) is 0 Å². The Morgan fingerprint density at radius 2 is 1.68 bits per heavy atom. The third-order valence-corrected chi connectivity index (χ3v) is 8.89. The molecule has 0 N–H and O–H groups in total. The predicted molar refractivity (Wildman–Crippen MR) is 161 cm³/mol. The third kappa shape index (κ3) is 4.92. The van der Waals surface area contributed by atoms with E-state index in [4.69, 9.17) is 5.10 Å². The lowest BCUT2D eigenvalue weighted by atomic mass is 9.77. The monoisotopic (exact) mass is 658 g/mol. The molecular formula is C32H25BrF2N6O3. The summed E-state index contributed by atoms with van der Waals surface area (Å²) in [5, 5.41) is 15.6. The molecule has 0 spiro atoms. The van der Waals surface area contributed by atoms with Crippen molar-refractivity contribution in [2.45, 2.75) is 37.4 Å². The number of hydrogen-bond acceptors (Lipinski definition) is 7. The molecule has 1 saturated carbocycles. The number of fused-ring (bicyclic) bond motifs is 2. The molecule has 0 radical (unpaired) electrons. The van der Waals surface area contributed by atoms with Gasteiger partial charge in [-0.1, -0.05) is 51.5 Å². The summed E-state index contributed by atoms with van der Waals surface area (Å²) in [7, 11) is 0. The van der Waals surface area contributed by atoms with Crippen LogP contribution in [0, 0.1) is 17.6 Å². The van der Waals surface area contributed by atoms with Gasteiger partial charge in [0.25, 0.3) is 17.7 Å². The zero-order valence-electron chi connectivity index (χ0n) is 23.2. The van der Waals surface area contributed by atoms with Gasteiger partial charge in [0, 0.05) is 10.4 Å². The van der Waals surface area contributed by atoms with E-state index >= 15 is 0 Å². The summed E-state index contributed by atoms with van der Waals surface area (Å²) in [5.41, 5.74) is 3.63. The molecule has 1 saturated heterocycles. The third-order valence-electron chi connectivity index (χ3n) is 8.40. The Bertz CT molecular complexity index is 1760. The second kappa shape index (κ2) is 11.2. The van der Waals surface area contributed by atoms with E-state index in [1.807, 2.05) is 6.08 Å². The maximum absolute atomic E-state index is 14.0. The molecule has 0 unspecified atom stereocenters. The second-order valence-electron chi connectivity index (χ2n) is 11.1. The molecule has 4 atom stereocenters. The maximum atomic E-state index is 14.0. The standard InChI is InChI=1S/C32H25BrF2N6O3/c33-21-4-2-5-24(16-21)40-31(43)28-30(32(40)44)39(38-36-28)17-26(42)41-29(19-9-13-23(35)14-10-19)25-6-1-3-20(27(25)37-41)15-18-7-11-22(34)12-8-18/h2,4-5,7-16,25,28-30H,1,3,6,17H2/b20-15-/t25-,28+,29-,30+/m0/s1. The highest BCUT2D eigenvalue weighted by atomic mass is 79.9. The van der Waals surface area contributed by atoms with Gasteiger partial charge in [0.15, 0.2) is 12.1 Å². The molecule has 2 fully saturated rings. The van der Waals surface area contributed by atoms with Gasteiger partial charge in [-0.3, -0.25) is 19.4 Å². The summed E-state index contributed by atoms with van der Waals surface area (Å²) >= 11 is 3.37. The van der Waals surface area contributed by atoms with Crippen LogP contribution in [-0.2, 0) is 14.4 Å². The minimum atomic E-state index is -1.06. The van der Waals surface area contributed by atoms with E-state index in [1.165, 1.54) is 34.3 Å². The number of allylic oxidation sites excluding steroid dienone is 1. The van der Waals surface area contributed by atoms with Crippen LogP contribution in [0.3, 0.4) is 0 Å². The molecular weight excluding hydrogens is 634 g/mol. The highest BCUT2D eigenvalue weighted by Crippen LogP contribution is 2.45. The summed E-state index contributed by atoms with van der Waals surface area (Å²) in [6.07, 6.45) is 4.30. The average molecular weight is 659 g/mol. The van der Waals surface area contributed by atoms with Crippen LogP contribution in [0.2, 0.25) is 0 Å². The van der Waals surface area contributed by atoms with Gasteiger partial charge >= 0.3 is 0 Å². The molecule has 3 aromatic rings. The van der Waals surface area contributed by atoms with Crippen molar-refractivity contribution in [1.82, 2.24) is 10.0 Å². The van der Waals surface area contributed by atoms with E-state index < -0.39 is 41.7 Å². The van der Waals surface area contributed by atoms with Gasteiger partial charge in [-0.25, -0.2) is 18.7 Å². The quantitative estimate of drug-likeness (QED) is 0.322. The topological polar surface area (TPSA) is 98.0 Å². The van der Waals surface area contributed by atoms with E-state index in [-0.39, 0.29) is 18.3 Å². The molecule has 7 rings (SSSR count). The Balaban J connectivity index is 1.19. The van der Waals surface area contributed by atoms with Crippen LogP contribution < -0.4 is 4.90 Å². The van der Waals surface area contributed by atoms with Crippen LogP contribution in [-0.4, -0.2) is 52.1 Å². The summed E-state index contributed by atoms with van der Waals surface area (Å²) < 4.78 is 28.1. The highest BCUT2D eigenvalue weighted by Gasteiger charge is 2.55. The molecule has 0 bridgehead atoms. The normalized spacial score (nSPS) is 25.1. The fraction of sp³-hybridized carbons (Fsp3) is 0.250. The summed E-state index contributed by atoms with van der Waals surface area (Å²) in [4.78, 5) is 41.7. The van der Waals surface area contributed by atoms with Crippen molar-refractivity contribution in [2.24, 2.45) is 21.4 Å². The van der Waals surface area contributed by atoms with Gasteiger partial charge in [-0.05, 0) is 84.5 Å². The van der Waals surface area contributed by atoms with E-state index in [9.17, 15) is 23.2 Å². The molecule has 9 nitrogen and oxygen atoms in total. The lowest BCUT2D eigenvalue weighted by molar-refractivity contribution is -0.136. The molecule has 0 aromatic heterocycles. The number of halogens is 3. The number of benzene rings is 3. The van der Waals surface area contributed by atoms with Crippen LogP contribution in [0.25, 0.3) is 6.08 Å². The number of imide groups is 1. The average Bonchev–Trinajstić information content (AvgIpc) is 3.68. The minimum absolute atomic E-state index is 0.153. The maximum Gasteiger partial charge on any atom is 0.264 e. The number of anilines is 1. The lowest BCUT2D eigenvalue weighted by Crippen LogP contribution is -2.45. The van der Waals surface area contributed by atoms with Crippen LogP contribution >= 0.6 is 15.9 Å². The van der Waals surface area contributed by atoms with Crippen molar-refractivity contribution in [3.8, 4) is 0 Å². The Morgan fingerprint density at radius 1 is 0.955 bits per heavy atom. The predicted octanol–water partition coefficient (Wildman–Crippen LogP) is 5.84. The van der Waals surface area contributed by atoms with Crippen molar-refractivity contribution in [3.05, 3.63) is 106 Å². The number of hydrogen-bond donors (Lipinski definition) is 0. The van der Waals surface area contributed by atoms with Crippen LogP contribution in [0.5, 0.6) is 0 Å².